The number of aryl methyl sites for hydroxylation is 1. The number of hydrogen-bond acceptors (Lipinski definition) is 4. The number of furan rings is 1. The Morgan fingerprint density at radius 1 is 1.17 bits per heavy atom. The number of quaternary nitrogens is 1. The van der Waals surface area contributed by atoms with Crippen LogP contribution in [0.5, 0.6) is 0 Å². The van der Waals surface area contributed by atoms with E-state index >= 15 is 0 Å². The van der Waals surface area contributed by atoms with Crippen LogP contribution in [0, 0.1) is 19.7 Å². The normalized spacial score (nSPS) is 16.0. The van der Waals surface area contributed by atoms with Crippen LogP contribution >= 0.6 is 11.3 Å². The van der Waals surface area contributed by atoms with Crippen LogP contribution in [0.2, 0.25) is 0 Å². The van der Waals surface area contributed by atoms with Crippen LogP contribution in [0.1, 0.15) is 38.2 Å². The van der Waals surface area contributed by atoms with E-state index in [0.29, 0.717) is 18.8 Å². The average molecular weight is 416 g/mol. The summed E-state index contributed by atoms with van der Waals surface area (Å²) >= 11 is 1.52. The topological polar surface area (TPSA) is 55.9 Å². The molecular weight excluding hydrogens is 391 g/mol. The SMILES string of the molecule is Cc1sc(NC(=O)c2ccco2)c([C@H](c2ccccc2F)[NH+]2CCOCC2)c1C. The van der Waals surface area contributed by atoms with Gasteiger partial charge in [0.2, 0.25) is 0 Å². The quantitative estimate of drug-likeness (QED) is 0.672. The highest BCUT2D eigenvalue weighted by Crippen LogP contribution is 2.39. The second-order valence-electron chi connectivity index (χ2n) is 7.18. The molecule has 1 fully saturated rings. The third-order valence-corrected chi connectivity index (χ3v) is 6.59. The largest absolute Gasteiger partial charge is 0.459 e. The number of benzene rings is 1. The first-order chi connectivity index (χ1) is 14.1. The van der Waals surface area contributed by atoms with Crippen molar-refractivity contribution in [1.29, 1.82) is 0 Å². The summed E-state index contributed by atoms with van der Waals surface area (Å²) in [4.78, 5) is 15.0. The molecule has 4 rings (SSSR count). The van der Waals surface area contributed by atoms with Gasteiger partial charge in [0.05, 0.1) is 25.0 Å². The molecule has 0 radical (unpaired) electrons. The van der Waals surface area contributed by atoms with Crippen molar-refractivity contribution in [2.24, 2.45) is 0 Å². The predicted octanol–water partition coefficient (Wildman–Crippen LogP) is 3.35. The molecule has 1 aromatic carbocycles. The molecule has 1 saturated heterocycles. The number of nitrogens with one attached hydrogen (secondary N) is 2. The molecule has 3 aromatic rings. The van der Waals surface area contributed by atoms with Crippen molar-refractivity contribution in [2.45, 2.75) is 19.9 Å². The molecule has 1 atom stereocenters. The molecule has 0 bridgehead atoms. The number of morpholine rings is 1. The maximum atomic E-state index is 14.9. The molecule has 0 unspecified atom stereocenters. The van der Waals surface area contributed by atoms with Crippen molar-refractivity contribution in [1.82, 2.24) is 0 Å². The first-order valence-electron chi connectivity index (χ1n) is 9.67. The number of rotatable bonds is 5. The van der Waals surface area contributed by atoms with Crippen LogP contribution in [0.25, 0.3) is 0 Å². The van der Waals surface area contributed by atoms with Crippen LogP contribution < -0.4 is 10.2 Å². The molecule has 152 valence electrons. The van der Waals surface area contributed by atoms with Crippen LogP contribution in [-0.4, -0.2) is 32.2 Å². The smallest absolute Gasteiger partial charge is 0.291 e. The van der Waals surface area contributed by atoms with Gasteiger partial charge in [-0.2, -0.15) is 0 Å². The van der Waals surface area contributed by atoms with Crippen molar-refractivity contribution >= 4 is 22.2 Å². The zero-order valence-electron chi connectivity index (χ0n) is 16.5. The Morgan fingerprint density at radius 2 is 1.93 bits per heavy atom. The first-order valence-corrected chi connectivity index (χ1v) is 10.5. The summed E-state index contributed by atoms with van der Waals surface area (Å²) in [6, 6.07) is 9.99. The number of anilines is 1. The van der Waals surface area contributed by atoms with Crippen molar-refractivity contribution < 1.29 is 23.2 Å². The van der Waals surface area contributed by atoms with Crippen LogP contribution in [-0.2, 0) is 4.74 Å². The summed E-state index contributed by atoms with van der Waals surface area (Å²) in [5.41, 5.74) is 2.69. The van der Waals surface area contributed by atoms with Crippen LogP contribution in [0.4, 0.5) is 9.39 Å². The average Bonchev–Trinajstić information content (AvgIpc) is 3.35. The lowest BCUT2D eigenvalue weighted by atomic mass is 9.94. The summed E-state index contributed by atoms with van der Waals surface area (Å²) in [5, 5.41) is 3.75. The molecule has 2 N–H and O–H groups in total. The maximum absolute atomic E-state index is 14.9. The second kappa shape index (κ2) is 8.49. The molecule has 0 spiro atoms. The van der Waals surface area contributed by atoms with Gasteiger partial charge in [0.25, 0.3) is 5.91 Å². The minimum Gasteiger partial charge on any atom is -0.459 e. The number of carbonyl (C=O) groups is 1. The zero-order valence-corrected chi connectivity index (χ0v) is 17.3. The Morgan fingerprint density at radius 3 is 2.62 bits per heavy atom. The lowest BCUT2D eigenvalue weighted by Gasteiger charge is -2.32. The fourth-order valence-electron chi connectivity index (χ4n) is 3.87. The highest BCUT2D eigenvalue weighted by atomic mass is 32.1. The third kappa shape index (κ3) is 3.99. The van der Waals surface area contributed by atoms with Crippen LogP contribution in [0.3, 0.4) is 0 Å². The zero-order chi connectivity index (χ0) is 20.4. The Kier molecular flexibility index (Phi) is 5.80. The van der Waals surface area contributed by atoms with E-state index in [1.165, 1.54) is 28.6 Å². The number of halogens is 1. The van der Waals surface area contributed by atoms with E-state index in [1.807, 2.05) is 26.0 Å². The van der Waals surface area contributed by atoms with E-state index in [4.69, 9.17) is 9.15 Å². The van der Waals surface area contributed by atoms with Gasteiger partial charge in [0.15, 0.2) is 5.76 Å². The first kappa shape index (κ1) is 19.8. The molecule has 5 nitrogen and oxygen atoms in total. The molecule has 3 heterocycles. The van der Waals surface area contributed by atoms with E-state index < -0.39 is 0 Å². The molecule has 7 heteroatoms. The molecule has 2 aromatic heterocycles. The summed E-state index contributed by atoms with van der Waals surface area (Å²) in [5.74, 6) is -0.286. The lowest BCUT2D eigenvalue weighted by Crippen LogP contribution is -3.14. The van der Waals surface area contributed by atoms with E-state index in [-0.39, 0.29) is 23.5 Å². The summed E-state index contributed by atoms with van der Waals surface area (Å²) in [6.45, 7) is 6.89. The van der Waals surface area contributed by atoms with Gasteiger partial charge in [-0.25, -0.2) is 4.39 Å². The molecule has 1 aliphatic heterocycles. The standard InChI is InChI=1S/C22H23FN2O3S/c1-14-15(2)29-22(24-21(26)18-8-5-11-28-18)19(14)20(25-9-12-27-13-10-25)16-6-3-4-7-17(16)23/h3-8,11,20H,9-10,12-13H2,1-2H3,(H,24,26)/p+1/t20-/m0/s1. The van der Waals surface area contributed by atoms with E-state index in [0.717, 1.165) is 34.1 Å². The number of hydrogen-bond donors (Lipinski definition) is 2. The maximum Gasteiger partial charge on any atom is 0.291 e. The summed E-state index contributed by atoms with van der Waals surface area (Å²) in [7, 11) is 0. The number of thiophene rings is 1. The Bertz CT molecular complexity index is 994. The van der Waals surface area contributed by atoms with Crippen molar-refractivity contribution in [2.75, 3.05) is 31.6 Å². The fourth-order valence-corrected chi connectivity index (χ4v) is 4.96. The fraction of sp³-hybridized carbons (Fsp3) is 0.318. The minimum absolute atomic E-state index is 0.225. The highest BCUT2D eigenvalue weighted by Gasteiger charge is 2.35. The van der Waals surface area contributed by atoms with Gasteiger partial charge in [-0.1, -0.05) is 12.1 Å². The van der Waals surface area contributed by atoms with E-state index in [2.05, 4.69) is 5.32 Å². The van der Waals surface area contributed by atoms with Gasteiger partial charge >= 0.3 is 0 Å². The van der Waals surface area contributed by atoms with Crippen molar-refractivity contribution in [3.63, 3.8) is 0 Å². The summed E-state index contributed by atoms with van der Waals surface area (Å²) in [6.07, 6.45) is 1.47. The molecule has 29 heavy (non-hydrogen) atoms. The van der Waals surface area contributed by atoms with Gasteiger partial charge in [-0.3, -0.25) is 4.79 Å². The highest BCUT2D eigenvalue weighted by molar-refractivity contribution is 7.16. The van der Waals surface area contributed by atoms with Gasteiger partial charge in [-0.15, -0.1) is 11.3 Å². The van der Waals surface area contributed by atoms with Crippen molar-refractivity contribution in [3.8, 4) is 0 Å². The number of ether oxygens (including phenoxy) is 1. The monoisotopic (exact) mass is 415 g/mol. The summed E-state index contributed by atoms with van der Waals surface area (Å²) < 4.78 is 25.7. The molecule has 1 aliphatic rings. The van der Waals surface area contributed by atoms with Gasteiger partial charge < -0.3 is 19.4 Å². The Balaban J connectivity index is 1.79. The second-order valence-corrected chi connectivity index (χ2v) is 8.41. The number of carbonyl (C=O) groups excluding carboxylic acids is 1. The predicted molar refractivity (Wildman–Crippen MR) is 110 cm³/mol. The number of amides is 1. The van der Waals surface area contributed by atoms with Gasteiger partial charge in [0.1, 0.15) is 29.9 Å². The Labute approximate surface area is 173 Å². The van der Waals surface area contributed by atoms with E-state index in [9.17, 15) is 9.18 Å². The third-order valence-electron chi connectivity index (χ3n) is 5.45. The minimum atomic E-state index is -0.304. The van der Waals surface area contributed by atoms with Gasteiger partial charge in [-0.05, 0) is 43.7 Å². The van der Waals surface area contributed by atoms with Crippen molar-refractivity contribution in [3.05, 3.63) is 75.8 Å². The molecular formula is C22H24FN2O3S+. The van der Waals surface area contributed by atoms with E-state index in [1.54, 1.807) is 18.2 Å². The molecule has 1 amide bonds. The molecule has 0 saturated carbocycles. The molecule has 0 aliphatic carbocycles. The van der Waals surface area contributed by atoms with Gasteiger partial charge in [0, 0.05) is 10.4 Å². The lowest BCUT2D eigenvalue weighted by molar-refractivity contribution is -0.933. The van der Waals surface area contributed by atoms with Crippen LogP contribution in [0.15, 0.2) is 47.1 Å². The Hall–Kier alpha value is -2.48.